The van der Waals surface area contributed by atoms with Crippen molar-refractivity contribution in [1.29, 1.82) is 0 Å². The summed E-state index contributed by atoms with van der Waals surface area (Å²) in [5, 5.41) is 3.56. The zero-order valence-corrected chi connectivity index (χ0v) is 20.0. The van der Waals surface area contributed by atoms with E-state index in [0.717, 1.165) is 62.9 Å². The van der Waals surface area contributed by atoms with Gasteiger partial charge in [-0.05, 0) is 50.3 Å². The Labute approximate surface area is 187 Å². The molecule has 5 nitrogen and oxygen atoms in total. The summed E-state index contributed by atoms with van der Waals surface area (Å²) < 4.78 is 6.04. The van der Waals surface area contributed by atoms with Crippen molar-refractivity contribution in [2.75, 3.05) is 46.4 Å². The van der Waals surface area contributed by atoms with Gasteiger partial charge in [0.15, 0.2) is 5.96 Å². The second-order valence-corrected chi connectivity index (χ2v) is 7.85. The summed E-state index contributed by atoms with van der Waals surface area (Å²) >= 11 is 0. The van der Waals surface area contributed by atoms with E-state index in [4.69, 9.17) is 4.74 Å². The molecule has 158 valence electrons. The Morgan fingerprint density at radius 2 is 1.93 bits per heavy atom. The van der Waals surface area contributed by atoms with Gasteiger partial charge in [-0.3, -0.25) is 4.99 Å². The minimum Gasteiger partial charge on any atom is -0.493 e. The molecule has 0 bridgehead atoms. The standard InChI is InChI=1S/C22H36N4O.HI/c1-4-25(5-2)15-19-12-13-26(16-19)22(23-3)24-14-20-8-6-7-9-21(20)27-17-18-10-11-18;/h6-9,18-19H,4-5,10-17H2,1-3H3,(H,23,24);1H. The Balaban J connectivity index is 0.00000280. The molecule has 1 aromatic carbocycles. The van der Waals surface area contributed by atoms with Crippen molar-refractivity contribution in [2.24, 2.45) is 16.8 Å². The van der Waals surface area contributed by atoms with Crippen LogP contribution in [-0.2, 0) is 6.54 Å². The number of ether oxygens (including phenoxy) is 1. The van der Waals surface area contributed by atoms with Crippen LogP contribution in [0.1, 0.15) is 38.7 Å². The molecule has 0 radical (unpaired) electrons. The summed E-state index contributed by atoms with van der Waals surface area (Å²) in [7, 11) is 1.88. The van der Waals surface area contributed by atoms with Crippen LogP contribution in [0, 0.1) is 11.8 Å². The maximum absolute atomic E-state index is 6.04. The first-order valence-corrected chi connectivity index (χ1v) is 10.6. The van der Waals surface area contributed by atoms with Crippen LogP contribution < -0.4 is 10.1 Å². The summed E-state index contributed by atoms with van der Waals surface area (Å²) in [4.78, 5) is 9.46. The molecule has 1 saturated carbocycles. The summed E-state index contributed by atoms with van der Waals surface area (Å²) in [6.45, 7) is 11.8. The molecule has 0 amide bonds. The quantitative estimate of drug-likeness (QED) is 0.318. The maximum Gasteiger partial charge on any atom is 0.193 e. The van der Waals surface area contributed by atoms with Gasteiger partial charge in [-0.15, -0.1) is 24.0 Å². The maximum atomic E-state index is 6.04. The van der Waals surface area contributed by atoms with Gasteiger partial charge in [0.25, 0.3) is 0 Å². The van der Waals surface area contributed by atoms with E-state index in [2.05, 4.69) is 58.2 Å². The number of likely N-dealkylation sites (tertiary alicyclic amines) is 1. The van der Waals surface area contributed by atoms with Gasteiger partial charge in [0.1, 0.15) is 5.75 Å². The van der Waals surface area contributed by atoms with Gasteiger partial charge in [0, 0.05) is 38.8 Å². The van der Waals surface area contributed by atoms with Crippen LogP contribution in [0.15, 0.2) is 29.3 Å². The van der Waals surface area contributed by atoms with E-state index < -0.39 is 0 Å². The van der Waals surface area contributed by atoms with Crippen LogP contribution >= 0.6 is 24.0 Å². The van der Waals surface area contributed by atoms with E-state index in [1.165, 1.54) is 31.4 Å². The zero-order chi connectivity index (χ0) is 19.1. The molecule has 2 fully saturated rings. The molecule has 1 aliphatic carbocycles. The Kier molecular flexibility index (Phi) is 9.85. The van der Waals surface area contributed by atoms with E-state index in [1.807, 2.05) is 7.05 Å². The monoisotopic (exact) mass is 500 g/mol. The van der Waals surface area contributed by atoms with Gasteiger partial charge < -0.3 is 19.9 Å². The lowest BCUT2D eigenvalue weighted by molar-refractivity contribution is 0.255. The van der Waals surface area contributed by atoms with Crippen molar-refractivity contribution in [3.63, 3.8) is 0 Å². The van der Waals surface area contributed by atoms with Crippen LogP contribution in [0.4, 0.5) is 0 Å². The van der Waals surface area contributed by atoms with E-state index >= 15 is 0 Å². The third-order valence-electron chi connectivity index (χ3n) is 5.79. The number of nitrogens with zero attached hydrogens (tertiary/aromatic N) is 3. The number of aliphatic imine (C=N–C) groups is 1. The Hall–Kier alpha value is -1.02. The highest BCUT2D eigenvalue weighted by Gasteiger charge is 2.26. The fourth-order valence-electron chi connectivity index (χ4n) is 3.81. The molecule has 6 heteroatoms. The fourth-order valence-corrected chi connectivity index (χ4v) is 3.81. The highest BCUT2D eigenvalue weighted by Crippen LogP contribution is 2.30. The molecular weight excluding hydrogens is 463 g/mol. The molecule has 1 aromatic rings. The molecule has 1 heterocycles. The lowest BCUT2D eigenvalue weighted by atomic mass is 10.1. The lowest BCUT2D eigenvalue weighted by Crippen LogP contribution is -2.40. The first-order chi connectivity index (χ1) is 13.2. The summed E-state index contributed by atoms with van der Waals surface area (Å²) in [6, 6.07) is 8.37. The van der Waals surface area contributed by atoms with Crippen LogP contribution in [-0.4, -0.2) is 62.1 Å². The van der Waals surface area contributed by atoms with Gasteiger partial charge >= 0.3 is 0 Å². The smallest absolute Gasteiger partial charge is 0.193 e. The number of halogens is 1. The molecule has 1 unspecified atom stereocenters. The van der Waals surface area contributed by atoms with Crippen molar-refractivity contribution in [3.05, 3.63) is 29.8 Å². The van der Waals surface area contributed by atoms with E-state index in [-0.39, 0.29) is 24.0 Å². The average molecular weight is 500 g/mol. The van der Waals surface area contributed by atoms with Crippen LogP contribution in [0.5, 0.6) is 5.75 Å². The molecule has 1 saturated heterocycles. The number of benzene rings is 1. The Bertz CT molecular complexity index is 616. The molecular formula is C22H37IN4O. The molecule has 1 N–H and O–H groups in total. The zero-order valence-electron chi connectivity index (χ0n) is 17.7. The SMILES string of the molecule is CCN(CC)CC1CCN(C(=NC)NCc2ccccc2OCC2CC2)C1.I. The van der Waals surface area contributed by atoms with Gasteiger partial charge in [-0.1, -0.05) is 32.0 Å². The molecule has 1 atom stereocenters. The van der Waals surface area contributed by atoms with E-state index in [1.54, 1.807) is 0 Å². The molecule has 1 aliphatic heterocycles. The van der Waals surface area contributed by atoms with Crippen molar-refractivity contribution >= 4 is 29.9 Å². The number of rotatable bonds is 9. The Morgan fingerprint density at radius 1 is 1.18 bits per heavy atom. The largest absolute Gasteiger partial charge is 0.493 e. The highest BCUT2D eigenvalue weighted by molar-refractivity contribution is 14.0. The number of nitrogens with one attached hydrogen (secondary N) is 1. The number of hydrogen-bond acceptors (Lipinski definition) is 3. The second kappa shape index (κ2) is 11.9. The third kappa shape index (κ3) is 6.79. The lowest BCUT2D eigenvalue weighted by Gasteiger charge is -2.24. The first kappa shape index (κ1) is 23.3. The van der Waals surface area contributed by atoms with Crippen LogP contribution in [0.2, 0.25) is 0 Å². The van der Waals surface area contributed by atoms with Crippen molar-refractivity contribution < 1.29 is 4.74 Å². The van der Waals surface area contributed by atoms with Crippen LogP contribution in [0.3, 0.4) is 0 Å². The molecule has 2 aliphatic rings. The van der Waals surface area contributed by atoms with E-state index in [9.17, 15) is 0 Å². The number of guanidine groups is 1. The summed E-state index contributed by atoms with van der Waals surface area (Å²) in [5.41, 5.74) is 1.21. The first-order valence-electron chi connectivity index (χ1n) is 10.6. The Morgan fingerprint density at radius 3 is 2.61 bits per heavy atom. The molecule has 0 spiro atoms. The second-order valence-electron chi connectivity index (χ2n) is 7.85. The van der Waals surface area contributed by atoms with Gasteiger partial charge in [-0.2, -0.15) is 0 Å². The highest BCUT2D eigenvalue weighted by atomic mass is 127. The minimum absolute atomic E-state index is 0. The van der Waals surface area contributed by atoms with Crippen molar-refractivity contribution in [3.8, 4) is 5.75 Å². The summed E-state index contributed by atoms with van der Waals surface area (Å²) in [6.07, 6.45) is 3.88. The minimum atomic E-state index is 0. The fraction of sp³-hybridized carbons (Fsp3) is 0.682. The normalized spacial score (nSPS) is 19.6. The molecule has 0 aromatic heterocycles. The predicted molar refractivity (Wildman–Crippen MR) is 128 cm³/mol. The molecule has 3 rings (SSSR count). The number of hydrogen-bond donors (Lipinski definition) is 1. The summed E-state index contributed by atoms with van der Waals surface area (Å²) in [5.74, 6) is 3.52. The topological polar surface area (TPSA) is 40.1 Å². The van der Waals surface area contributed by atoms with Gasteiger partial charge in [0.05, 0.1) is 6.61 Å². The van der Waals surface area contributed by atoms with Gasteiger partial charge in [-0.25, -0.2) is 0 Å². The van der Waals surface area contributed by atoms with Crippen molar-refractivity contribution in [2.45, 2.75) is 39.7 Å². The van der Waals surface area contributed by atoms with Gasteiger partial charge in [0.2, 0.25) is 0 Å². The molecule has 28 heavy (non-hydrogen) atoms. The van der Waals surface area contributed by atoms with E-state index in [0.29, 0.717) is 0 Å². The van der Waals surface area contributed by atoms with Crippen molar-refractivity contribution in [1.82, 2.24) is 15.1 Å². The number of para-hydroxylation sites is 1. The average Bonchev–Trinajstić information content (AvgIpc) is 3.42. The van der Waals surface area contributed by atoms with Crippen LogP contribution in [0.25, 0.3) is 0 Å². The predicted octanol–water partition coefficient (Wildman–Crippen LogP) is 3.83. The third-order valence-corrected chi connectivity index (χ3v) is 5.79.